The molecule has 1 N–H and O–H groups in total. The predicted octanol–water partition coefficient (Wildman–Crippen LogP) is 1.21. The van der Waals surface area contributed by atoms with Crippen LogP contribution in [0.25, 0.3) is 0 Å². The highest BCUT2D eigenvalue weighted by molar-refractivity contribution is 7.94. The number of hydrogen-bond donors (Lipinski definition) is 1. The van der Waals surface area contributed by atoms with Gasteiger partial charge in [-0.05, 0) is 42.0 Å². The summed E-state index contributed by atoms with van der Waals surface area (Å²) in [6.07, 6.45) is 0. The van der Waals surface area contributed by atoms with Gasteiger partial charge in [0.25, 0.3) is 0 Å². The first-order valence-corrected chi connectivity index (χ1v) is 11.8. The van der Waals surface area contributed by atoms with Gasteiger partial charge in [0.05, 0.1) is 22.3 Å². The van der Waals surface area contributed by atoms with Gasteiger partial charge in [0.1, 0.15) is 0 Å². The Labute approximate surface area is 168 Å². The molecule has 2 aliphatic heterocycles. The summed E-state index contributed by atoms with van der Waals surface area (Å²) >= 11 is 0. The highest BCUT2D eigenvalue weighted by atomic mass is 32.2. The van der Waals surface area contributed by atoms with Gasteiger partial charge < -0.3 is 9.47 Å². The van der Waals surface area contributed by atoms with Crippen LogP contribution >= 0.6 is 0 Å². The second-order valence-electron chi connectivity index (χ2n) is 6.79. The fourth-order valence-corrected chi connectivity index (χ4v) is 6.00. The monoisotopic (exact) mass is 438 g/mol. The van der Waals surface area contributed by atoms with Crippen LogP contribution in [0.2, 0.25) is 0 Å². The molecule has 29 heavy (non-hydrogen) atoms. The molecule has 0 unspecified atom stereocenters. The van der Waals surface area contributed by atoms with Crippen LogP contribution in [-0.2, 0) is 31.4 Å². The summed E-state index contributed by atoms with van der Waals surface area (Å²) in [5.41, 5.74) is 0.811. The average molecular weight is 438 g/mol. The second-order valence-corrected chi connectivity index (χ2v) is 10.4. The number of nitrogens with one attached hydrogen (secondary N) is 1. The Balaban J connectivity index is 1.50. The average Bonchev–Trinajstić information content (AvgIpc) is 3.21. The van der Waals surface area contributed by atoms with E-state index in [-0.39, 0.29) is 29.7 Å². The third kappa shape index (κ3) is 3.68. The summed E-state index contributed by atoms with van der Waals surface area (Å²) in [6, 6.07) is 10.3. The number of amides is 1. The number of hydrogen-bond acceptors (Lipinski definition) is 7. The van der Waals surface area contributed by atoms with Gasteiger partial charge in [0.2, 0.25) is 32.7 Å². The van der Waals surface area contributed by atoms with Gasteiger partial charge in [0.15, 0.2) is 11.5 Å². The Morgan fingerprint density at radius 1 is 1.10 bits per heavy atom. The summed E-state index contributed by atoms with van der Waals surface area (Å²) < 4.78 is 63.1. The van der Waals surface area contributed by atoms with Gasteiger partial charge in [-0.15, -0.1) is 0 Å². The van der Waals surface area contributed by atoms with Crippen molar-refractivity contribution in [3.63, 3.8) is 0 Å². The molecule has 0 aliphatic carbocycles. The number of fused-ring (bicyclic) bond motifs is 1. The third-order valence-corrected chi connectivity index (χ3v) is 7.93. The van der Waals surface area contributed by atoms with E-state index in [0.29, 0.717) is 17.1 Å². The molecule has 9 nitrogen and oxygen atoms in total. The Morgan fingerprint density at radius 2 is 1.79 bits per heavy atom. The van der Waals surface area contributed by atoms with Crippen LogP contribution in [0, 0.1) is 5.92 Å². The van der Waals surface area contributed by atoms with Crippen molar-refractivity contribution < 1.29 is 31.1 Å². The molecular weight excluding hydrogens is 420 g/mol. The first-order valence-electron chi connectivity index (χ1n) is 8.72. The number of anilines is 1. The highest BCUT2D eigenvalue weighted by Gasteiger charge is 2.41. The SMILES string of the molecule is C[C@H]1CS(=O)(=O)N(c2ccc(S(=O)(=O)NCc3ccc4c(c3)OCO4)cc2)C1=O. The number of rotatable bonds is 5. The zero-order chi connectivity index (χ0) is 20.8. The number of ether oxygens (including phenoxy) is 2. The summed E-state index contributed by atoms with van der Waals surface area (Å²) in [6.45, 7) is 1.71. The van der Waals surface area contributed by atoms with Crippen molar-refractivity contribution in [3.8, 4) is 11.5 Å². The molecule has 1 amide bonds. The fourth-order valence-electron chi connectivity index (χ4n) is 3.16. The molecule has 0 bridgehead atoms. The van der Waals surface area contributed by atoms with Crippen molar-refractivity contribution in [2.75, 3.05) is 16.9 Å². The Kier molecular flexibility index (Phi) is 4.75. The van der Waals surface area contributed by atoms with E-state index in [1.165, 1.54) is 24.3 Å². The largest absolute Gasteiger partial charge is 0.454 e. The Bertz CT molecular complexity index is 1180. The quantitative estimate of drug-likeness (QED) is 0.745. The topological polar surface area (TPSA) is 119 Å². The maximum Gasteiger partial charge on any atom is 0.244 e. The van der Waals surface area contributed by atoms with Crippen LogP contribution in [0.5, 0.6) is 11.5 Å². The van der Waals surface area contributed by atoms with Crippen LogP contribution in [0.1, 0.15) is 12.5 Å². The number of carbonyl (C=O) groups excluding carboxylic acids is 1. The molecule has 0 radical (unpaired) electrons. The molecule has 11 heteroatoms. The van der Waals surface area contributed by atoms with E-state index in [0.717, 1.165) is 4.31 Å². The van der Waals surface area contributed by atoms with Gasteiger partial charge in [-0.2, -0.15) is 0 Å². The van der Waals surface area contributed by atoms with Crippen molar-refractivity contribution in [1.82, 2.24) is 4.72 Å². The lowest BCUT2D eigenvalue weighted by Crippen LogP contribution is -2.30. The van der Waals surface area contributed by atoms with Gasteiger partial charge in [0, 0.05) is 6.54 Å². The second kappa shape index (κ2) is 7.01. The molecule has 0 aromatic heterocycles. The third-order valence-electron chi connectivity index (χ3n) is 4.65. The predicted molar refractivity (Wildman–Crippen MR) is 103 cm³/mol. The summed E-state index contributed by atoms with van der Waals surface area (Å²) in [7, 11) is -7.58. The van der Waals surface area contributed by atoms with E-state index >= 15 is 0 Å². The van der Waals surface area contributed by atoms with Gasteiger partial charge >= 0.3 is 0 Å². The standard InChI is InChI=1S/C18H18N2O7S2/c1-12-10-28(22,23)20(18(12)21)14-3-5-15(6-4-14)29(24,25)19-9-13-2-7-16-17(8-13)27-11-26-16/h2-8,12,19H,9-11H2,1H3/t12-/m0/s1. The molecular formula is C18H18N2O7S2. The molecule has 0 spiro atoms. The molecule has 4 rings (SSSR count). The van der Waals surface area contributed by atoms with Gasteiger partial charge in [-0.1, -0.05) is 13.0 Å². The van der Waals surface area contributed by atoms with Gasteiger partial charge in [-0.3, -0.25) is 4.79 Å². The van der Waals surface area contributed by atoms with E-state index in [1.54, 1.807) is 25.1 Å². The molecule has 1 atom stereocenters. The summed E-state index contributed by atoms with van der Waals surface area (Å²) in [4.78, 5) is 12.1. The molecule has 1 saturated heterocycles. The van der Waals surface area contributed by atoms with Crippen molar-refractivity contribution >= 4 is 31.6 Å². The maximum atomic E-state index is 12.5. The van der Waals surface area contributed by atoms with Crippen LogP contribution in [0.4, 0.5) is 5.69 Å². The number of sulfonamides is 2. The minimum Gasteiger partial charge on any atom is -0.454 e. The lowest BCUT2D eigenvalue weighted by atomic mass is 10.2. The minimum absolute atomic E-state index is 0.0389. The molecule has 154 valence electrons. The summed E-state index contributed by atoms with van der Waals surface area (Å²) in [5, 5.41) is 0. The normalized spacial score (nSPS) is 20.2. The maximum absolute atomic E-state index is 12.5. The smallest absolute Gasteiger partial charge is 0.244 e. The molecule has 0 saturated carbocycles. The lowest BCUT2D eigenvalue weighted by Gasteiger charge is -2.15. The molecule has 2 aromatic rings. The first kappa shape index (κ1) is 19.7. The number of benzene rings is 2. The van der Waals surface area contributed by atoms with Crippen molar-refractivity contribution in [2.45, 2.75) is 18.4 Å². The number of carbonyl (C=O) groups is 1. The van der Waals surface area contributed by atoms with Crippen molar-refractivity contribution in [1.29, 1.82) is 0 Å². The zero-order valence-corrected chi connectivity index (χ0v) is 17.0. The van der Waals surface area contributed by atoms with Gasteiger partial charge in [-0.25, -0.2) is 25.9 Å². The van der Waals surface area contributed by atoms with Crippen LogP contribution in [0.3, 0.4) is 0 Å². The molecule has 1 fully saturated rings. The van der Waals surface area contributed by atoms with Crippen LogP contribution in [-0.4, -0.2) is 35.3 Å². The summed E-state index contributed by atoms with van der Waals surface area (Å²) in [5.74, 6) is -0.263. The first-order chi connectivity index (χ1) is 13.7. The fraction of sp³-hybridized carbons (Fsp3) is 0.278. The van der Waals surface area contributed by atoms with E-state index in [4.69, 9.17) is 9.47 Å². The van der Waals surface area contributed by atoms with E-state index in [9.17, 15) is 21.6 Å². The van der Waals surface area contributed by atoms with E-state index < -0.39 is 31.9 Å². The van der Waals surface area contributed by atoms with Crippen LogP contribution in [0.15, 0.2) is 47.4 Å². The molecule has 2 heterocycles. The lowest BCUT2D eigenvalue weighted by molar-refractivity contribution is -0.119. The number of nitrogens with zero attached hydrogens (tertiary/aromatic N) is 1. The van der Waals surface area contributed by atoms with Crippen molar-refractivity contribution in [3.05, 3.63) is 48.0 Å². The Hall–Kier alpha value is -2.63. The molecule has 2 aliphatic rings. The van der Waals surface area contributed by atoms with E-state index in [2.05, 4.69) is 4.72 Å². The van der Waals surface area contributed by atoms with Crippen molar-refractivity contribution in [2.24, 2.45) is 5.92 Å². The van der Waals surface area contributed by atoms with Crippen LogP contribution < -0.4 is 18.5 Å². The molecule has 2 aromatic carbocycles. The van der Waals surface area contributed by atoms with E-state index in [1.807, 2.05) is 0 Å². The Morgan fingerprint density at radius 3 is 2.45 bits per heavy atom. The minimum atomic E-state index is -3.84. The zero-order valence-electron chi connectivity index (χ0n) is 15.4. The highest BCUT2D eigenvalue weighted by Crippen LogP contribution is 2.32.